The maximum atomic E-state index is 6.03. The van der Waals surface area contributed by atoms with Gasteiger partial charge in [0, 0.05) is 0 Å². The Kier molecular flexibility index (Phi) is 3.01. The van der Waals surface area contributed by atoms with Crippen LogP contribution in [0.4, 0.5) is 0 Å². The van der Waals surface area contributed by atoms with Crippen molar-refractivity contribution in [3.8, 4) is 5.69 Å². The fourth-order valence-corrected chi connectivity index (χ4v) is 5.74. The van der Waals surface area contributed by atoms with Gasteiger partial charge in [0.1, 0.15) is 0 Å². The van der Waals surface area contributed by atoms with Crippen LogP contribution in [0.3, 0.4) is 0 Å². The summed E-state index contributed by atoms with van der Waals surface area (Å²) in [7, 11) is 6.03. The molecule has 0 N–H and O–H groups in total. The molecule has 0 fully saturated rings. The zero-order valence-electron chi connectivity index (χ0n) is 7.02. The quantitative estimate of drug-likeness (QED) is 0.727. The molecular formula is C9H7ClHgN2. The van der Waals surface area contributed by atoms with Gasteiger partial charge in [-0.1, -0.05) is 0 Å². The van der Waals surface area contributed by atoms with Gasteiger partial charge in [-0.05, 0) is 0 Å². The first-order chi connectivity index (χ1) is 6.42. The second-order valence-electron chi connectivity index (χ2n) is 2.71. The van der Waals surface area contributed by atoms with E-state index in [1.807, 2.05) is 29.1 Å². The van der Waals surface area contributed by atoms with Crippen molar-refractivity contribution in [1.29, 1.82) is 0 Å². The van der Waals surface area contributed by atoms with Crippen LogP contribution < -0.4 is 3.07 Å². The molecule has 0 aliphatic rings. The van der Waals surface area contributed by atoms with E-state index < -0.39 is 23.3 Å². The summed E-state index contributed by atoms with van der Waals surface area (Å²) in [5.41, 5.74) is 1.14. The normalized spacial score (nSPS) is 9.62. The van der Waals surface area contributed by atoms with Crippen molar-refractivity contribution in [2.75, 3.05) is 0 Å². The third-order valence-corrected chi connectivity index (χ3v) is 7.86. The monoisotopic (exact) mass is 380 g/mol. The third-order valence-electron chi connectivity index (χ3n) is 1.89. The van der Waals surface area contributed by atoms with Gasteiger partial charge in [-0.15, -0.1) is 0 Å². The Morgan fingerprint density at radius 3 is 2.77 bits per heavy atom. The van der Waals surface area contributed by atoms with Gasteiger partial charge in [-0.3, -0.25) is 0 Å². The van der Waals surface area contributed by atoms with Gasteiger partial charge >= 0.3 is 92.9 Å². The number of para-hydroxylation sites is 1. The van der Waals surface area contributed by atoms with E-state index in [-0.39, 0.29) is 0 Å². The van der Waals surface area contributed by atoms with Crippen LogP contribution in [0.15, 0.2) is 42.7 Å². The average molecular weight is 379 g/mol. The molecule has 0 atom stereocenters. The SMILES string of the molecule is [Cl][Hg][c]1ccccc1-n1cccn1. The van der Waals surface area contributed by atoms with Gasteiger partial charge < -0.3 is 0 Å². The second-order valence-corrected chi connectivity index (χ2v) is 9.06. The topological polar surface area (TPSA) is 17.8 Å². The molecule has 62 valence electrons. The van der Waals surface area contributed by atoms with Gasteiger partial charge in [-0.25, -0.2) is 0 Å². The molecule has 2 nitrogen and oxygen atoms in total. The molecule has 0 aliphatic carbocycles. The van der Waals surface area contributed by atoms with Crippen molar-refractivity contribution in [3.05, 3.63) is 42.7 Å². The van der Waals surface area contributed by atoms with Gasteiger partial charge in [0.25, 0.3) is 0 Å². The summed E-state index contributed by atoms with van der Waals surface area (Å²) in [5, 5.41) is 4.19. The fraction of sp³-hybridized carbons (Fsp3) is 0. The minimum atomic E-state index is -1.34. The molecule has 0 amide bonds. The predicted molar refractivity (Wildman–Crippen MR) is 49.1 cm³/mol. The third kappa shape index (κ3) is 1.94. The Labute approximate surface area is 92.4 Å². The molecule has 2 aromatic rings. The number of rotatable bonds is 2. The molecule has 0 radical (unpaired) electrons. The van der Waals surface area contributed by atoms with Gasteiger partial charge in [-0.2, -0.15) is 0 Å². The molecule has 1 aromatic carbocycles. The molecule has 0 saturated heterocycles. The second kappa shape index (κ2) is 4.25. The number of aromatic nitrogens is 2. The molecule has 0 bridgehead atoms. The zero-order valence-corrected chi connectivity index (χ0v) is 13.3. The summed E-state index contributed by atoms with van der Waals surface area (Å²) in [6.45, 7) is 0. The van der Waals surface area contributed by atoms with Crippen molar-refractivity contribution < 1.29 is 23.3 Å². The number of nitrogens with zero attached hydrogens (tertiary/aromatic N) is 2. The Morgan fingerprint density at radius 2 is 2.08 bits per heavy atom. The van der Waals surface area contributed by atoms with Crippen molar-refractivity contribution in [3.63, 3.8) is 0 Å². The van der Waals surface area contributed by atoms with E-state index in [1.165, 1.54) is 3.07 Å². The molecule has 0 unspecified atom stereocenters. The average Bonchev–Trinajstić information content (AvgIpc) is 2.70. The van der Waals surface area contributed by atoms with Crippen LogP contribution in [-0.2, 0) is 23.3 Å². The Hall–Kier alpha value is -0.345. The van der Waals surface area contributed by atoms with Crippen molar-refractivity contribution >= 4 is 11.3 Å². The van der Waals surface area contributed by atoms with E-state index in [1.54, 1.807) is 6.20 Å². The van der Waals surface area contributed by atoms with E-state index in [2.05, 4.69) is 17.2 Å². The van der Waals surface area contributed by atoms with E-state index in [0.717, 1.165) is 5.69 Å². The van der Waals surface area contributed by atoms with Crippen molar-refractivity contribution in [1.82, 2.24) is 9.78 Å². The van der Waals surface area contributed by atoms with E-state index in [0.29, 0.717) is 0 Å². The van der Waals surface area contributed by atoms with Crippen LogP contribution in [-0.4, -0.2) is 9.78 Å². The number of hydrogen-bond acceptors (Lipinski definition) is 1. The summed E-state index contributed by atoms with van der Waals surface area (Å²) in [4.78, 5) is 0. The van der Waals surface area contributed by atoms with Gasteiger partial charge in [0.05, 0.1) is 0 Å². The van der Waals surface area contributed by atoms with Crippen LogP contribution >= 0.6 is 8.25 Å². The van der Waals surface area contributed by atoms with Gasteiger partial charge in [0.15, 0.2) is 0 Å². The molecule has 4 heteroatoms. The standard InChI is InChI=1S/C9H7N2.ClH.Hg/c1-2-5-9(6-3-1)11-8-4-7-10-11;;/h1-5,7-8H;1H;/q;;+1/p-1. The minimum absolute atomic E-state index is 1.14. The molecule has 2 rings (SSSR count). The van der Waals surface area contributed by atoms with E-state index in [9.17, 15) is 0 Å². The van der Waals surface area contributed by atoms with Crippen LogP contribution in [0.25, 0.3) is 5.69 Å². The number of hydrogen-bond donors (Lipinski definition) is 0. The Balaban J connectivity index is 2.51. The molecule has 0 aliphatic heterocycles. The summed E-state index contributed by atoms with van der Waals surface area (Å²) in [6, 6.07) is 10.1. The Morgan fingerprint density at radius 1 is 1.23 bits per heavy atom. The van der Waals surface area contributed by atoms with Crippen LogP contribution in [0.2, 0.25) is 0 Å². The van der Waals surface area contributed by atoms with E-state index in [4.69, 9.17) is 8.25 Å². The van der Waals surface area contributed by atoms with Crippen LogP contribution in [0, 0.1) is 0 Å². The summed E-state index contributed by atoms with van der Waals surface area (Å²) < 4.78 is 3.19. The Bertz CT molecular complexity index is 386. The molecule has 1 heterocycles. The summed E-state index contributed by atoms with van der Waals surface area (Å²) >= 11 is -1.34. The van der Waals surface area contributed by atoms with E-state index >= 15 is 0 Å². The maximum absolute atomic E-state index is 6.03. The van der Waals surface area contributed by atoms with Crippen LogP contribution in [0.5, 0.6) is 0 Å². The molecular weight excluding hydrogens is 372 g/mol. The van der Waals surface area contributed by atoms with Gasteiger partial charge in [0.2, 0.25) is 0 Å². The fourth-order valence-electron chi connectivity index (χ4n) is 1.26. The number of halogens is 1. The molecule has 0 saturated carbocycles. The first kappa shape index (κ1) is 9.22. The van der Waals surface area contributed by atoms with Crippen LogP contribution in [0.1, 0.15) is 0 Å². The summed E-state index contributed by atoms with van der Waals surface area (Å²) in [5.74, 6) is 0. The first-order valence-electron chi connectivity index (χ1n) is 4.05. The molecule has 1 aromatic heterocycles. The summed E-state index contributed by atoms with van der Waals surface area (Å²) in [6.07, 6.45) is 3.72. The first-order valence-corrected chi connectivity index (χ1v) is 13.6. The van der Waals surface area contributed by atoms with Crippen molar-refractivity contribution in [2.24, 2.45) is 0 Å². The predicted octanol–water partition coefficient (Wildman–Crippen LogP) is 1.73. The van der Waals surface area contributed by atoms with Crippen molar-refractivity contribution in [2.45, 2.75) is 0 Å². The zero-order chi connectivity index (χ0) is 9.10. The molecule has 13 heavy (non-hydrogen) atoms. The molecule has 0 spiro atoms. The number of benzene rings is 1.